The molecule has 4 rings (SSSR count). The molecule has 2 aromatic heterocycles. The van der Waals surface area contributed by atoms with Gasteiger partial charge in [0.05, 0.1) is 5.39 Å². The molecule has 1 saturated carbocycles. The van der Waals surface area contributed by atoms with E-state index in [1.807, 2.05) is 4.90 Å². The quantitative estimate of drug-likeness (QED) is 0.845. The third-order valence-corrected chi connectivity index (χ3v) is 5.76. The Balaban J connectivity index is 1.65. The minimum atomic E-state index is -0.530. The fourth-order valence-corrected chi connectivity index (χ4v) is 4.29. The highest BCUT2D eigenvalue weighted by Crippen LogP contribution is 2.36. The van der Waals surface area contributed by atoms with Crippen LogP contribution in [-0.2, 0) is 7.05 Å². The number of nitrogens with one attached hydrogen (secondary N) is 1. The summed E-state index contributed by atoms with van der Waals surface area (Å²) >= 11 is 0. The molecule has 2 aromatic rings. The molecule has 0 aromatic carbocycles. The van der Waals surface area contributed by atoms with Crippen molar-refractivity contribution in [1.29, 1.82) is 0 Å². The molecule has 0 radical (unpaired) electrons. The normalized spacial score (nSPS) is 23.5. The number of H-pyrrole nitrogens is 1. The summed E-state index contributed by atoms with van der Waals surface area (Å²) in [5, 5.41) is 0.310. The summed E-state index contributed by atoms with van der Waals surface area (Å²) in [6, 6.07) is 3.15. The van der Waals surface area contributed by atoms with E-state index in [1.165, 1.54) is 37.3 Å². The maximum absolute atomic E-state index is 12.9. The number of fused-ring (bicyclic) bond motifs is 2. The number of hydrogen-bond donors (Lipinski definition) is 1. The average Bonchev–Trinajstić information content (AvgIpc) is 2.65. The van der Waals surface area contributed by atoms with E-state index in [0.29, 0.717) is 17.0 Å². The highest BCUT2D eigenvalue weighted by molar-refractivity contribution is 5.94. The van der Waals surface area contributed by atoms with Crippen LogP contribution < -0.4 is 11.2 Å². The van der Waals surface area contributed by atoms with Crippen LogP contribution in [0.25, 0.3) is 11.0 Å². The monoisotopic (exact) mass is 342 g/mol. The van der Waals surface area contributed by atoms with Crippen molar-refractivity contribution in [2.45, 2.75) is 32.1 Å². The van der Waals surface area contributed by atoms with Crippen molar-refractivity contribution in [3.8, 4) is 0 Å². The highest BCUT2D eigenvalue weighted by Gasteiger charge is 2.33. The van der Waals surface area contributed by atoms with E-state index in [2.05, 4.69) is 9.97 Å². The summed E-state index contributed by atoms with van der Waals surface area (Å²) in [7, 11) is 1.54. The minimum Gasteiger partial charge on any atom is -0.337 e. The summed E-state index contributed by atoms with van der Waals surface area (Å²) in [6.45, 7) is 1.55. The van der Waals surface area contributed by atoms with Crippen LogP contribution in [0.4, 0.5) is 0 Å². The zero-order valence-corrected chi connectivity index (χ0v) is 14.3. The Morgan fingerprint density at radius 1 is 1.16 bits per heavy atom. The minimum absolute atomic E-state index is 0.112. The lowest BCUT2D eigenvalue weighted by atomic mass is 9.75. The number of aryl methyl sites for hydroxylation is 1. The summed E-state index contributed by atoms with van der Waals surface area (Å²) in [5.74, 6) is 1.24. The van der Waals surface area contributed by atoms with Crippen molar-refractivity contribution in [2.75, 3.05) is 13.1 Å². The van der Waals surface area contributed by atoms with Crippen molar-refractivity contribution in [1.82, 2.24) is 19.4 Å². The van der Waals surface area contributed by atoms with Crippen molar-refractivity contribution in [3.63, 3.8) is 0 Å². The molecule has 0 unspecified atom stereocenters. The standard InChI is InChI=1S/C18H22N4O3/c1-21-15-13(16(23)20-18(21)25)6-7-14(19-15)17(24)22-9-8-11-4-2-3-5-12(11)10-22/h6-7,11-12H,2-5,8-10H2,1H3,(H,20,23,25)/t11-,12-/m1/s1. The maximum atomic E-state index is 12.9. The number of pyridine rings is 1. The Kier molecular flexibility index (Phi) is 3.94. The molecule has 1 saturated heterocycles. The predicted octanol–water partition coefficient (Wildman–Crippen LogP) is 1.27. The zero-order chi connectivity index (χ0) is 17.6. The van der Waals surface area contributed by atoms with Crippen LogP contribution in [0.5, 0.6) is 0 Å². The number of nitrogens with zero attached hydrogens (tertiary/aromatic N) is 3. The molecule has 1 aliphatic heterocycles. The van der Waals surface area contributed by atoms with Gasteiger partial charge in [-0.3, -0.25) is 19.1 Å². The van der Waals surface area contributed by atoms with Crippen LogP contribution in [0.3, 0.4) is 0 Å². The van der Waals surface area contributed by atoms with Gasteiger partial charge in [-0.25, -0.2) is 9.78 Å². The predicted molar refractivity (Wildman–Crippen MR) is 93.6 cm³/mol. The molecule has 2 atom stereocenters. The molecule has 132 valence electrons. The van der Waals surface area contributed by atoms with Gasteiger partial charge in [-0.2, -0.15) is 0 Å². The van der Waals surface area contributed by atoms with Crippen LogP contribution in [0.2, 0.25) is 0 Å². The number of aromatic nitrogens is 3. The largest absolute Gasteiger partial charge is 0.337 e. The van der Waals surface area contributed by atoms with E-state index in [4.69, 9.17) is 0 Å². The second-order valence-corrected chi connectivity index (χ2v) is 7.23. The van der Waals surface area contributed by atoms with E-state index in [0.717, 1.165) is 25.4 Å². The molecule has 0 bridgehead atoms. The Morgan fingerprint density at radius 2 is 1.92 bits per heavy atom. The molecule has 2 aliphatic rings. The number of piperidine rings is 1. The van der Waals surface area contributed by atoms with Crippen molar-refractivity contribution in [3.05, 3.63) is 38.7 Å². The lowest BCUT2D eigenvalue weighted by molar-refractivity contribution is 0.0516. The molecule has 3 heterocycles. The van der Waals surface area contributed by atoms with Gasteiger partial charge in [-0.05, 0) is 36.8 Å². The number of carbonyl (C=O) groups is 1. The number of amides is 1. The SMILES string of the molecule is Cn1c(=O)[nH]c(=O)c2ccc(C(=O)N3CC[C@H]4CCCC[C@@H]4C3)nc21. The summed E-state index contributed by atoms with van der Waals surface area (Å²) in [5.41, 5.74) is -0.472. The van der Waals surface area contributed by atoms with E-state index in [-0.39, 0.29) is 11.6 Å². The summed E-state index contributed by atoms with van der Waals surface area (Å²) < 4.78 is 1.26. The first kappa shape index (κ1) is 16.1. The fraction of sp³-hybridized carbons (Fsp3) is 0.556. The molecule has 0 spiro atoms. The highest BCUT2D eigenvalue weighted by atomic mass is 16.2. The molecule has 7 heteroatoms. The Morgan fingerprint density at radius 3 is 2.72 bits per heavy atom. The second kappa shape index (κ2) is 6.13. The van der Waals surface area contributed by atoms with Gasteiger partial charge in [0.15, 0.2) is 0 Å². The van der Waals surface area contributed by atoms with Crippen molar-refractivity contribution >= 4 is 16.9 Å². The molecule has 2 fully saturated rings. The maximum Gasteiger partial charge on any atom is 0.329 e. The van der Waals surface area contributed by atoms with Gasteiger partial charge >= 0.3 is 5.69 Å². The fourth-order valence-electron chi connectivity index (χ4n) is 4.29. The number of aromatic amines is 1. The molecule has 1 amide bonds. The topological polar surface area (TPSA) is 88.1 Å². The first-order valence-electron chi connectivity index (χ1n) is 8.94. The van der Waals surface area contributed by atoms with Crippen LogP contribution in [-0.4, -0.2) is 38.4 Å². The van der Waals surface area contributed by atoms with Crippen LogP contribution in [0.15, 0.2) is 21.7 Å². The lowest BCUT2D eigenvalue weighted by Crippen LogP contribution is -2.45. The van der Waals surface area contributed by atoms with E-state index >= 15 is 0 Å². The van der Waals surface area contributed by atoms with E-state index in [1.54, 1.807) is 12.1 Å². The van der Waals surface area contributed by atoms with E-state index in [9.17, 15) is 14.4 Å². The van der Waals surface area contributed by atoms with Gasteiger partial charge in [0.1, 0.15) is 11.3 Å². The third-order valence-electron chi connectivity index (χ3n) is 5.76. The third kappa shape index (κ3) is 2.77. The van der Waals surface area contributed by atoms with Crippen molar-refractivity contribution < 1.29 is 4.79 Å². The van der Waals surface area contributed by atoms with Gasteiger partial charge in [0.25, 0.3) is 11.5 Å². The first-order chi connectivity index (χ1) is 12.0. The van der Waals surface area contributed by atoms with Gasteiger partial charge in [-0.1, -0.05) is 19.3 Å². The van der Waals surface area contributed by atoms with Crippen LogP contribution >= 0.6 is 0 Å². The number of likely N-dealkylation sites (tertiary alicyclic amines) is 1. The second-order valence-electron chi connectivity index (χ2n) is 7.23. The molecule has 1 N–H and O–H groups in total. The molecule has 1 aliphatic carbocycles. The van der Waals surface area contributed by atoms with Gasteiger partial charge in [0, 0.05) is 20.1 Å². The Hall–Kier alpha value is -2.44. The zero-order valence-electron chi connectivity index (χ0n) is 14.3. The number of rotatable bonds is 1. The first-order valence-corrected chi connectivity index (χ1v) is 8.94. The molecular weight excluding hydrogens is 320 g/mol. The smallest absolute Gasteiger partial charge is 0.329 e. The molecule has 25 heavy (non-hydrogen) atoms. The number of carbonyl (C=O) groups excluding carboxylic acids is 1. The van der Waals surface area contributed by atoms with Gasteiger partial charge in [-0.15, -0.1) is 0 Å². The average molecular weight is 342 g/mol. The Bertz CT molecular complexity index is 945. The van der Waals surface area contributed by atoms with Crippen LogP contribution in [0, 0.1) is 11.8 Å². The molecule has 7 nitrogen and oxygen atoms in total. The van der Waals surface area contributed by atoms with Gasteiger partial charge in [0.2, 0.25) is 0 Å². The van der Waals surface area contributed by atoms with Gasteiger partial charge < -0.3 is 4.90 Å². The van der Waals surface area contributed by atoms with Crippen LogP contribution in [0.1, 0.15) is 42.6 Å². The Labute approximate surface area is 144 Å². The number of hydrogen-bond acceptors (Lipinski definition) is 4. The van der Waals surface area contributed by atoms with Crippen molar-refractivity contribution in [2.24, 2.45) is 18.9 Å². The molecular formula is C18H22N4O3. The van der Waals surface area contributed by atoms with E-state index < -0.39 is 11.2 Å². The summed E-state index contributed by atoms with van der Waals surface area (Å²) in [6.07, 6.45) is 6.10. The summed E-state index contributed by atoms with van der Waals surface area (Å²) in [4.78, 5) is 45.0. The lowest BCUT2D eigenvalue weighted by Gasteiger charge is -2.41.